The Kier molecular flexibility index (Phi) is 11.1. The summed E-state index contributed by atoms with van der Waals surface area (Å²) in [6.45, 7) is 0. The van der Waals surface area contributed by atoms with E-state index in [1.807, 2.05) is 0 Å². The van der Waals surface area contributed by atoms with Crippen LogP contribution in [0.3, 0.4) is 0 Å². The van der Waals surface area contributed by atoms with Crippen LogP contribution in [0.5, 0.6) is 0 Å². The maximum Gasteiger partial charge on any atom is 1.00 e. The Balaban J connectivity index is 0.000000374. The van der Waals surface area contributed by atoms with E-state index in [2.05, 4.69) is 20.2 Å². The minimum atomic E-state index is -4.62. The number of benzene rings is 3. The maximum atomic E-state index is 11.4. The van der Waals surface area contributed by atoms with E-state index < -0.39 is 35.2 Å². The van der Waals surface area contributed by atoms with Crippen LogP contribution in [0.25, 0.3) is 34.0 Å². The third kappa shape index (κ3) is 8.94. The second-order valence-corrected chi connectivity index (χ2v) is 13.0. The van der Waals surface area contributed by atoms with Crippen molar-refractivity contribution in [2.45, 2.75) is 14.7 Å². The van der Waals surface area contributed by atoms with Gasteiger partial charge >= 0.3 is 29.6 Å². The molecular formula is C26H21N6NaO8S3. The van der Waals surface area contributed by atoms with Gasteiger partial charge < -0.3 is 10.3 Å². The predicted molar refractivity (Wildman–Crippen MR) is 154 cm³/mol. The zero-order valence-corrected chi connectivity index (χ0v) is 27.2. The number of aromatic nitrogens is 4. The zero-order chi connectivity index (χ0) is 31.4. The van der Waals surface area contributed by atoms with Gasteiger partial charge in [-0.2, -0.15) is 8.42 Å². The van der Waals surface area contributed by atoms with Crippen LogP contribution in [0.4, 0.5) is 5.69 Å². The molecule has 5 rings (SSSR count). The third-order valence-electron chi connectivity index (χ3n) is 5.63. The van der Waals surface area contributed by atoms with Gasteiger partial charge in [-0.1, -0.05) is 30.3 Å². The smallest absolute Gasteiger partial charge is 0.744 e. The fourth-order valence-electron chi connectivity index (χ4n) is 3.55. The fraction of sp³-hybridized carbons (Fsp3) is 0. The number of pyridine rings is 1. The summed E-state index contributed by atoms with van der Waals surface area (Å²) in [5.74, 6) is 0.210. The van der Waals surface area contributed by atoms with Gasteiger partial charge in [-0.25, -0.2) is 27.0 Å². The van der Waals surface area contributed by atoms with E-state index in [0.29, 0.717) is 28.2 Å². The molecule has 18 heteroatoms. The number of nitrogen functional groups attached to an aromatic ring is 1. The Morgan fingerprint density at radius 2 is 1.18 bits per heavy atom. The van der Waals surface area contributed by atoms with Crippen LogP contribution in [0.1, 0.15) is 0 Å². The van der Waals surface area contributed by atoms with Gasteiger partial charge in [0, 0.05) is 23.0 Å². The second kappa shape index (κ2) is 14.0. The standard InChI is InChI=1S/C20H14N4O6S2.C6H8N2O2S.Na/c25-31(26,27)15-8-4-13(5-9-15)18-19(14-6-10-16(11-7-14)32(28,29)30)23-24-20(22-18)17-3-1-2-12-21-17;7-5-1-3-6(4-2-5)11(8,9)10;/h1-12H,(H,25,26,27)(H,28,29,30);1-4H,7H2,(H2,8,9,10);/q;;+1/p-1. The van der Waals surface area contributed by atoms with Gasteiger partial charge in [0.2, 0.25) is 15.8 Å². The SMILES string of the molecule is Nc1ccc(S(N)(=O)=O)cc1.O=S(=O)([O-])c1ccc(-c2nnc(-c3ccccn3)nc2-c2ccc(S(=O)(=O)O)cc2)cc1.[Na+]. The van der Waals surface area contributed by atoms with Crippen molar-refractivity contribution in [2.75, 3.05) is 5.73 Å². The van der Waals surface area contributed by atoms with Gasteiger partial charge in [0.1, 0.15) is 27.2 Å². The minimum absolute atomic E-state index is 0. The molecule has 0 saturated carbocycles. The molecule has 3 aromatic carbocycles. The molecule has 0 saturated heterocycles. The third-order valence-corrected chi connectivity index (χ3v) is 8.28. The molecule has 0 aliphatic rings. The summed E-state index contributed by atoms with van der Waals surface area (Å²) in [5.41, 5.74) is 7.76. The molecule has 0 bridgehead atoms. The Morgan fingerprint density at radius 1 is 0.659 bits per heavy atom. The van der Waals surface area contributed by atoms with Crippen LogP contribution in [0.2, 0.25) is 0 Å². The van der Waals surface area contributed by atoms with Gasteiger partial charge in [-0.3, -0.25) is 9.54 Å². The molecule has 222 valence electrons. The summed E-state index contributed by atoms with van der Waals surface area (Å²) in [6.07, 6.45) is 1.56. The quantitative estimate of drug-likeness (QED) is 0.116. The molecule has 0 radical (unpaired) electrons. The van der Waals surface area contributed by atoms with Gasteiger partial charge in [-0.15, -0.1) is 10.2 Å². The molecule has 0 aliphatic heterocycles. The number of hydrogen-bond donors (Lipinski definition) is 3. The van der Waals surface area contributed by atoms with Crippen LogP contribution >= 0.6 is 0 Å². The largest absolute Gasteiger partial charge is 1.00 e. The normalized spacial score (nSPS) is 11.5. The van der Waals surface area contributed by atoms with Crippen molar-refractivity contribution in [2.24, 2.45) is 5.14 Å². The Bertz CT molecular complexity index is 2080. The van der Waals surface area contributed by atoms with Crippen molar-refractivity contribution in [3.63, 3.8) is 0 Å². The van der Waals surface area contributed by atoms with E-state index in [9.17, 15) is 34.4 Å². The van der Waals surface area contributed by atoms with Gasteiger partial charge in [0.05, 0.1) is 14.7 Å². The van der Waals surface area contributed by atoms with Crippen molar-refractivity contribution in [3.8, 4) is 34.0 Å². The number of anilines is 1. The Labute approximate surface area is 275 Å². The van der Waals surface area contributed by atoms with E-state index in [1.54, 1.807) is 24.4 Å². The van der Waals surface area contributed by atoms with Crippen LogP contribution in [0, 0.1) is 0 Å². The Morgan fingerprint density at radius 3 is 1.66 bits per heavy atom. The van der Waals surface area contributed by atoms with Crippen molar-refractivity contribution in [1.82, 2.24) is 20.2 Å². The average Bonchev–Trinajstić information content (AvgIpc) is 2.97. The number of sulfonamides is 1. The molecule has 0 spiro atoms. The predicted octanol–water partition coefficient (Wildman–Crippen LogP) is -0.661. The van der Waals surface area contributed by atoms with E-state index in [4.69, 9.17) is 10.9 Å². The number of rotatable bonds is 6. The summed E-state index contributed by atoms with van der Waals surface area (Å²) >= 11 is 0. The number of primary sulfonamides is 1. The number of hydrogen-bond acceptors (Lipinski definition) is 12. The summed E-state index contributed by atoms with van der Waals surface area (Å²) < 4.78 is 86.9. The van der Waals surface area contributed by atoms with Crippen LogP contribution in [-0.2, 0) is 30.3 Å². The first kappa shape index (κ1) is 34.8. The Hall–Kier alpha value is -3.65. The molecule has 0 atom stereocenters. The van der Waals surface area contributed by atoms with Crippen molar-refractivity contribution < 1.29 is 63.9 Å². The molecule has 0 unspecified atom stereocenters. The molecule has 5 aromatic rings. The molecule has 0 fully saturated rings. The first-order valence-corrected chi connectivity index (χ1v) is 16.2. The fourth-order valence-corrected chi connectivity index (χ4v) is 5.01. The monoisotopic (exact) mass is 664 g/mol. The first-order valence-electron chi connectivity index (χ1n) is 11.8. The summed E-state index contributed by atoms with van der Waals surface area (Å²) in [7, 11) is -12.6. The van der Waals surface area contributed by atoms with E-state index in [-0.39, 0.29) is 50.9 Å². The van der Waals surface area contributed by atoms with E-state index in [1.165, 1.54) is 60.7 Å². The summed E-state index contributed by atoms with van der Waals surface area (Å²) in [5, 5.41) is 13.2. The molecule has 0 amide bonds. The summed E-state index contributed by atoms with van der Waals surface area (Å²) in [4.78, 5) is 8.10. The molecule has 0 aliphatic carbocycles. The molecule has 2 aromatic heterocycles. The van der Waals surface area contributed by atoms with E-state index in [0.717, 1.165) is 12.1 Å². The first-order chi connectivity index (χ1) is 20.1. The molecule has 2 heterocycles. The minimum Gasteiger partial charge on any atom is -0.744 e. The van der Waals surface area contributed by atoms with E-state index >= 15 is 0 Å². The molecule has 14 nitrogen and oxygen atoms in total. The van der Waals surface area contributed by atoms with Gasteiger partial charge in [0.15, 0.2) is 0 Å². The topological polar surface area (TPSA) is 249 Å². The van der Waals surface area contributed by atoms with Gasteiger partial charge in [0.25, 0.3) is 10.1 Å². The zero-order valence-electron chi connectivity index (χ0n) is 22.7. The van der Waals surface area contributed by atoms with Gasteiger partial charge in [-0.05, 0) is 60.7 Å². The number of nitrogens with two attached hydrogens (primary N) is 2. The summed E-state index contributed by atoms with van der Waals surface area (Å²) in [6, 6.07) is 21.3. The van der Waals surface area contributed by atoms with Crippen molar-refractivity contribution >= 4 is 35.9 Å². The molecule has 5 N–H and O–H groups in total. The second-order valence-electron chi connectivity index (χ2n) is 8.64. The number of nitrogens with zero attached hydrogens (tertiary/aromatic N) is 4. The molecular weight excluding hydrogens is 644 g/mol. The van der Waals surface area contributed by atoms with Crippen molar-refractivity contribution in [1.29, 1.82) is 0 Å². The average molecular weight is 665 g/mol. The van der Waals surface area contributed by atoms with Crippen LogP contribution < -0.4 is 40.4 Å². The van der Waals surface area contributed by atoms with Crippen LogP contribution in [-0.4, -0.2) is 54.5 Å². The molecule has 44 heavy (non-hydrogen) atoms. The van der Waals surface area contributed by atoms with Crippen molar-refractivity contribution in [3.05, 3.63) is 97.2 Å². The van der Waals surface area contributed by atoms with Crippen LogP contribution in [0.15, 0.2) is 112 Å². The maximum absolute atomic E-state index is 11.4.